The van der Waals surface area contributed by atoms with Crippen molar-refractivity contribution >= 4 is 17.8 Å². The second-order valence-electron chi connectivity index (χ2n) is 8.08. The largest absolute Gasteiger partial charge is 0.443 e. The van der Waals surface area contributed by atoms with Crippen molar-refractivity contribution < 1.29 is 14.3 Å². The molecule has 1 aromatic heterocycles. The number of hydrogen-bond donors (Lipinski definition) is 0. The van der Waals surface area contributed by atoms with E-state index < -0.39 is 11.7 Å². The highest BCUT2D eigenvalue weighted by Gasteiger charge is 2.33. The summed E-state index contributed by atoms with van der Waals surface area (Å²) in [4.78, 5) is 32.9. The van der Waals surface area contributed by atoms with Crippen LogP contribution in [0.1, 0.15) is 72.4 Å². The van der Waals surface area contributed by atoms with E-state index in [4.69, 9.17) is 4.74 Å². The second-order valence-corrected chi connectivity index (χ2v) is 8.08. The van der Waals surface area contributed by atoms with E-state index in [-0.39, 0.29) is 18.0 Å². The molecule has 1 aliphatic rings. The Labute approximate surface area is 156 Å². The summed E-state index contributed by atoms with van der Waals surface area (Å²) >= 11 is 0. The van der Waals surface area contributed by atoms with Gasteiger partial charge in [-0.15, -0.1) is 0 Å². The SMILES string of the molecule is CC(=O)N1CCCC[C@H]1c1cccnc1N(C(=O)OC(C)(C)C)C(C)C. The Morgan fingerprint density at radius 1 is 1.31 bits per heavy atom. The summed E-state index contributed by atoms with van der Waals surface area (Å²) in [6.07, 6.45) is 4.19. The number of carbonyl (C=O) groups is 2. The molecule has 0 bridgehead atoms. The Morgan fingerprint density at radius 3 is 2.58 bits per heavy atom. The minimum atomic E-state index is -0.588. The van der Waals surface area contributed by atoms with Gasteiger partial charge in [0.05, 0.1) is 6.04 Å². The molecule has 1 aromatic rings. The topological polar surface area (TPSA) is 62.7 Å². The van der Waals surface area contributed by atoms with Crippen molar-refractivity contribution in [1.82, 2.24) is 9.88 Å². The molecule has 1 atom stereocenters. The van der Waals surface area contributed by atoms with Gasteiger partial charge in [-0.25, -0.2) is 9.78 Å². The van der Waals surface area contributed by atoms with Gasteiger partial charge >= 0.3 is 6.09 Å². The van der Waals surface area contributed by atoms with E-state index in [1.54, 1.807) is 18.0 Å². The first-order valence-electron chi connectivity index (χ1n) is 9.36. The van der Waals surface area contributed by atoms with Crippen molar-refractivity contribution in [1.29, 1.82) is 0 Å². The van der Waals surface area contributed by atoms with Gasteiger partial charge in [0.2, 0.25) is 5.91 Å². The minimum Gasteiger partial charge on any atom is -0.443 e. The lowest BCUT2D eigenvalue weighted by Gasteiger charge is -2.38. The number of aromatic nitrogens is 1. The molecule has 2 heterocycles. The molecular weight excluding hydrogens is 330 g/mol. The lowest BCUT2D eigenvalue weighted by Crippen LogP contribution is -2.43. The third-order valence-corrected chi connectivity index (χ3v) is 4.42. The van der Waals surface area contributed by atoms with Crippen molar-refractivity contribution in [3.05, 3.63) is 23.9 Å². The lowest BCUT2D eigenvalue weighted by atomic mass is 9.95. The van der Waals surface area contributed by atoms with Crippen molar-refractivity contribution in [2.45, 2.75) is 78.5 Å². The first-order valence-corrected chi connectivity index (χ1v) is 9.36. The molecule has 6 heteroatoms. The van der Waals surface area contributed by atoms with Gasteiger partial charge in [-0.2, -0.15) is 0 Å². The molecule has 2 rings (SSSR count). The van der Waals surface area contributed by atoms with Crippen LogP contribution in [0.5, 0.6) is 0 Å². The van der Waals surface area contributed by atoms with Crippen LogP contribution in [-0.4, -0.2) is 40.1 Å². The number of piperidine rings is 1. The van der Waals surface area contributed by atoms with Crippen LogP contribution < -0.4 is 4.90 Å². The van der Waals surface area contributed by atoms with Crippen molar-refractivity contribution in [2.75, 3.05) is 11.4 Å². The van der Waals surface area contributed by atoms with E-state index in [0.717, 1.165) is 31.4 Å². The quantitative estimate of drug-likeness (QED) is 0.805. The first kappa shape index (κ1) is 20.2. The number of carbonyl (C=O) groups excluding carboxylic acids is 2. The van der Waals surface area contributed by atoms with E-state index >= 15 is 0 Å². The van der Waals surface area contributed by atoms with Gasteiger partial charge in [0.25, 0.3) is 0 Å². The highest BCUT2D eigenvalue weighted by molar-refractivity contribution is 5.88. The molecule has 1 aliphatic heterocycles. The lowest BCUT2D eigenvalue weighted by molar-refractivity contribution is -0.132. The van der Waals surface area contributed by atoms with Gasteiger partial charge in [-0.05, 0) is 59.9 Å². The smallest absolute Gasteiger partial charge is 0.416 e. The number of nitrogens with zero attached hydrogens (tertiary/aromatic N) is 3. The number of pyridine rings is 1. The molecule has 1 saturated heterocycles. The molecule has 0 unspecified atom stereocenters. The molecule has 2 amide bonds. The third kappa shape index (κ3) is 4.74. The molecule has 0 spiro atoms. The van der Waals surface area contributed by atoms with E-state index in [0.29, 0.717) is 5.82 Å². The maximum atomic E-state index is 12.8. The summed E-state index contributed by atoms with van der Waals surface area (Å²) in [5, 5.41) is 0. The molecule has 1 fully saturated rings. The summed E-state index contributed by atoms with van der Waals surface area (Å²) in [6.45, 7) is 11.8. The Morgan fingerprint density at radius 2 is 2.00 bits per heavy atom. The zero-order valence-electron chi connectivity index (χ0n) is 16.8. The highest BCUT2D eigenvalue weighted by Crippen LogP contribution is 2.36. The Kier molecular flexibility index (Phi) is 6.26. The summed E-state index contributed by atoms with van der Waals surface area (Å²) < 4.78 is 5.60. The number of amides is 2. The van der Waals surface area contributed by atoms with Crippen molar-refractivity contribution in [2.24, 2.45) is 0 Å². The molecule has 144 valence electrons. The Balaban J connectivity index is 2.45. The summed E-state index contributed by atoms with van der Waals surface area (Å²) in [6, 6.07) is 3.65. The molecule has 0 saturated carbocycles. The van der Waals surface area contributed by atoms with Crippen molar-refractivity contribution in [3.8, 4) is 0 Å². The summed E-state index contributed by atoms with van der Waals surface area (Å²) in [5.74, 6) is 0.632. The Bertz CT molecular complexity index is 652. The van der Waals surface area contributed by atoms with E-state index in [2.05, 4.69) is 4.98 Å². The van der Waals surface area contributed by atoms with Crippen LogP contribution in [0.3, 0.4) is 0 Å². The molecular formula is C20H31N3O3. The maximum Gasteiger partial charge on any atom is 0.416 e. The van der Waals surface area contributed by atoms with Gasteiger partial charge in [0.15, 0.2) is 0 Å². The van der Waals surface area contributed by atoms with Crippen LogP contribution in [0.25, 0.3) is 0 Å². The number of anilines is 1. The number of hydrogen-bond acceptors (Lipinski definition) is 4. The van der Waals surface area contributed by atoms with Gasteiger partial charge in [-0.3, -0.25) is 9.69 Å². The molecule has 0 N–H and O–H groups in total. The fourth-order valence-corrected chi connectivity index (χ4v) is 3.36. The standard InChI is InChI=1S/C20H31N3O3/c1-14(2)23(19(25)26-20(4,5)6)18-16(10-9-12-21-18)17-11-7-8-13-22(17)15(3)24/h9-10,12,14,17H,7-8,11,13H2,1-6H3/t17-/m0/s1. The van der Waals surface area contributed by atoms with E-state index in [1.807, 2.05) is 51.7 Å². The fourth-order valence-electron chi connectivity index (χ4n) is 3.36. The zero-order chi connectivity index (χ0) is 19.5. The summed E-state index contributed by atoms with van der Waals surface area (Å²) in [7, 11) is 0. The predicted molar refractivity (Wildman–Crippen MR) is 102 cm³/mol. The average Bonchev–Trinajstić information content (AvgIpc) is 2.53. The third-order valence-electron chi connectivity index (χ3n) is 4.42. The number of likely N-dealkylation sites (tertiary alicyclic amines) is 1. The van der Waals surface area contributed by atoms with Gasteiger partial charge in [0.1, 0.15) is 11.4 Å². The number of rotatable bonds is 3. The first-order chi connectivity index (χ1) is 12.1. The van der Waals surface area contributed by atoms with E-state index in [1.165, 1.54) is 0 Å². The van der Waals surface area contributed by atoms with Crippen LogP contribution in [0.15, 0.2) is 18.3 Å². The van der Waals surface area contributed by atoms with Crippen molar-refractivity contribution in [3.63, 3.8) is 0 Å². The summed E-state index contributed by atoms with van der Waals surface area (Å²) in [5.41, 5.74) is 0.317. The zero-order valence-corrected chi connectivity index (χ0v) is 16.8. The maximum absolute atomic E-state index is 12.8. The van der Waals surface area contributed by atoms with Crippen LogP contribution in [0, 0.1) is 0 Å². The average molecular weight is 361 g/mol. The number of ether oxygens (including phenoxy) is 1. The second kappa shape index (κ2) is 8.06. The van der Waals surface area contributed by atoms with Crippen LogP contribution in [0.4, 0.5) is 10.6 Å². The highest BCUT2D eigenvalue weighted by atomic mass is 16.6. The molecule has 26 heavy (non-hydrogen) atoms. The molecule has 6 nitrogen and oxygen atoms in total. The minimum absolute atomic E-state index is 0.0536. The molecule has 0 aliphatic carbocycles. The normalized spacial score (nSPS) is 18.0. The predicted octanol–water partition coefficient (Wildman–Crippen LogP) is 4.31. The van der Waals surface area contributed by atoms with Crippen LogP contribution in [-0.2, 0) is 9.53 Å². The Hall–Kier alpha value is -2.11. The van der Waals surface area contributed by atoms with Gasteiger partial charge in [-0.1, -0.05) is 6.07 Å². The van der Waals surface area contributed by atoms with Gasteiger partial charge in [0, 0.05) is 31.3 Å². The fraction of sp³-hybridized carbons (Fsp3) is 0.650. The van der Waals surface area contributed by atoms with E-state index in [9.17, 15) is 9.59 Å². The molecule has 0 aromatic carbocycles. The van der Waals surface area contributed by atoms with Crippen LogP contribution in [0.2, 0.25) is 0 Å². The van der Waals surface area contributed by atoms with Gasteiger partial charge < -0.3 is 9.64 Å². The monoisotopic (exact) mass is 361 g/mol. The molecule has 0 radical (unpaired) electrons. The van der Waals surface area contributed by atoms with Crippen LogP contribution >= 0.6 is 0 Å².